The number of sulfone groups is 1. The summed E-state index contributed by atoms with van der Waals surface area (Å²) in [5.41, 5.74) is 1.23. The van der Waals surface area contributed by atoms with Crippen LogP contribution in [0.1, 0.15) is 39.0 Å². The molecule has 1 saturated heterocycles. The molecule has 1 aromatic rings. The van der Waals surface area contributed by atoms with E-state index in [4.69, 9.17) is 0 Å². The average molecular weight is 404 g/mol. The summed E-state index contributed by atoms with van der Waals surface area (Å²) in [6, 6.07) is 1.51. The second-order valence-corrected chi connectivity index (χ2v) is 10.00. The Labute approximate surface area is 165 Å². The first-order valence-electron chi connectivity index (χ1n) is 9.73. The molecule has 0 spiro atoms. The van der Waals surface area contributed by atoms with E-state index < -0.39 is 14.6 Å². The highest BCUT2D eigenvalue weighted by Gasteiger charge is 2.56. The number of anilines is 1. The topological polar surface area (TPSA) is 105 Å². The molecule has 0 bridgehead atoms. The van der Waals surface area contributed by atoms with Crippen molar-refractivity contribution < 1.29 is 13.2 Å². The minimum absolute atomic E-state index is 0.0761. The summed E-state index contributed by atoms with van der Waals surface area (Å²) < 4.78 is 26.2. The molecule has 0 unspecified atom stereocenters. The van der Waals surface area contributed by atoms with Gasteiger partial charge in [0.2, 0.25) is 0 Å². The van der Waals surface area contributed by atoms with Crippen LogP contribution in [0.4, 0.5) is 10.5 Å². The summed E-state index contributed by atoms with van der Waals surface area (Å²) >= 11 is 0. The van der Waals surface area contributed by atoms with Crippen LogP contribution in [0.2, 0.25) is 0 Å². The molecule has 1 saturated carbocycles. The number of amides is 2. The van der Waals surface area contributed by atoms with Crippen molar-refractivity contribution in [1.29, 1.82) is 0 Å². The summed E-state index contributed by atoms with van der Waals surface area (Å²) in [6.45, 7) is 3.35. The molecule has 2 amide bonds. The van der Waals surface area contributed by atoms with Gasteiger partial charge in [0, 0.05) is 13.1 Å². The molecular weight excluding hydrogens is 378 g/mol. The zero-order valence-electron chi connectivity index (χ0n) is 16.0. The van der Waals surface area contributed by atoms with Crippen LogP contribution >= 0.6 is 0 Å². The van der Waals surface area contributed by atoms with Crippen molar-refractivity contribution in [2.24, 2.45) is 10.9 Å². The van der Waals surface area contributed by atoms with E-state index in [1.807, 2.05) is 0 Å². The fourth-order valence-corrected chi connectivity index (χ4v) is 7.30. The maximum atomic E-state index is 13.4. The Morgan fingerprint density at radius 2 is 2.00 bits per heavy atom. The Bertz CT molecular complexity index is 914. The molecule has 1 aromatic heterocycles. The molecule has 28 heavy (non-hydrogen) atoms. The van der Waals surface area contributed by atoms with Crippen molar-refractivity contribution in [1.82, 2.24) is 15.1 Å². The van der Waals surface area contributed by atoms with E-state index in [0.717, 1.165) is 6.42 Å². The predicted molar refractivity (Wildman–Crippen MR) is 107 cm³/mol. The van der Waals surface area contributed by atoms with Crippen molar-refractivity contribution in [2.45, 2.75) is 43.8 Å². The standard InChI is InChI=1S/C19H25N5O3S/c1-14-17(4-9-20-14)28(26,27)19(7-2-8-19)15-5-11-24(12-6-15)18(25)23-16-3-10-21-22-13-16/h3-4,10,13,15H,2,5-9,11-12H2,1H3,(H,21,23,25). The third-order valence-electron chi connectivity index (χ3n) is 6.35. The van der Waals surface area contributed by atoms with Crippen molar-refractivity contribution in [3.8, 4) is 0 Å². The van der Waals surface area contributed by atoms with Crippen LogP contribution in [0, 0.1) is 5.92 Å². The van der Waals surface area contributed by atoms with Gasteiger partial charge in [0.25, 0.3) is 0 Å². The summed E-state index contributed by atoms with van der Waals surface area (Å²) in [5, 5.41) is 10.3. The van der Waals surface area contributed by atoms with E-state index in [9.17, 15) is 13.2 Å². The van der Waals surface area contributed by atoms with E-state index in [1.54, 1.807) is 24.0 Å². The Balaban J connectivity index is 1.44. The summed E-state index contributed by atoms with van der Waals surface area (Å²) in [4.78, 5) is 18.9. The largest absolute Gasteiger partial charge is 0.325 e. The molecule has 0 aromatic carbocycles. The first-order valence-corrected chi connectivity index (χ1v) is 11.2. The minimum Gasteiger partial charge on any atom is -0.325 e. The van der Waals surface area contributed by atoms with Crippen molar-refractivity contribution in [3.05, 3.63) is 29.4 Å². The van der Waals surface area contributed by atoms with Gasteiger partial charge < -0.3 is 10.2 Å². The summed E-state index contributed by atoms with van der Waals surface area (Å²) in [6.07, 6.45) is 8.53. The maximum absolute atomic E-state index is 13.4. The SMILES string of the molecule is CC1=NCC=C1S(=O)(=O)C1(C2CCN(C(=O)Nc3ccnnc3)CC2)CCC1. The molecule has 2 aliphatic heterocycles. The number of nitrogens with zero attached hydrogens (tertiary/aromatic N) is 4. The number of urea groups is 1. The first-order chi connectivity index (χ1) is 13.4. The normalized spacial score (nSPS) is 22.2. The van der Waals surface area contributed by atoms with Crippen LogP contribution < -0.4 is 5.32 Å². The third-order valence-corrected chi connectivity index (χ3v) is 9.20. The molecule has 1 aliphatic carbocycles. The lowest BCUT2D eigenvalue weighted by Gasteiger charge is -2.49. The van der Waals surface area contributed by atoms with Gasteiger partial charge in [-0.1, -0.05) is 6.42 Å². The van der Waals surface area contributed by atoms with Crippen LogP contribution in [-0.2, 0) is 9.84 Å². The zero-order chi connectivity index (χ0) is 19.8. The summed E-state index contributed by atoms with van der Waals surface area (Å²) in [5.74, 6) is 0.0761. The van der Waals surface area contributed by atoms with Crippen molar-refractivity contribution in [3.63, 3.8) is 0 Å². The lowest BCUT2D eigenvalue weighted by Crippen LogP contribution is -2.55. The number of hydrogen-bond donors (Lipinski definition) is 1. The molecular formula is C19H25N5O3S. The highest BCUT2D eigenvalue weighted by molar-refractivity contribution is 7.97. The van der Waals surface area contributed by atoms with E-state index in [0.29, 0.717) is 61.6 Å². The number of nitrogens with one attached hydrogen (secondary N) is 1. The number of piperidine rings is 1. The number of allylic oxidation sites excluding steroid dienone is 1. The fourth-order valence-electron chi connectivity index (χ4n) is 4.61. The monoisotopic (exact) mass is 403 g/mol. The highest BCUT2D eigenvalue weighted by atomic mass is 32.2. The molecule has 9 heteroatoms. The molecule has 4 rings (SSSR count). The van der Waals surface area contributed by atoms with Gasteiger partial charge in [-0.3, -0.25) is 4.99 Å². The van der Waals surface area contributed by atoms with Crippen molar-refractivity contribution in [2.75, 3.05) is 25.0 Å². The first kappa shape index (κ1) is 19.0. The molecule has 3 aliphatic rings. The lowest BCUT2D eigenvalue weighted by molar-refractivity contribution is 0.137. The average Bonchev–Trinajstić information content (AvgIpc) is 3.09. The van der Waals surface area contributed by atoms with Crippen LogP contribution in [0.5, 0.6) is 0 Å². The van der Waals surface area contributed by atoms with Crippen LogP contribution in [-0.4, -0.2) is 59.6 Å². The molecule has 0 radical (unpaired) electrons. The van der Waals surface area contributed by atoms with Crippen LogP contribution in [0.3, 0.4) is 0 Å². The molecule has 0 atom stereocenters. The van der Waals surface area contributed by atoms with Gasteiger partial charge in [0.1, 0.15) is 0 Å². The predicted octanol–water partition coefficient (Wildman–Crippen LogP) is 2.42. The summed E-state index contributed by atoms with van der Waals surface area (Å²) in [7, 11) is -3.40. The van der Waals surface area contributed by atoms with Gasteiger partial charge in [-0.2, -0.15) is 10.2 Å². The Morgan fingerprint density at radius 1 is 1.25 bits per heavy atom. The van der Waals surface area contributed by atoms with E-state index in [-0.39, 0.29) is 11.9 Å². The number of likely N-dealkylation sites (tertiary alicyclic amines) is 1. The number of hydrogen-bond acceptors (Lipinski definition) is 6. The van der Waals surface area contributed by atoms with Gasteiger partial charge in [0.15, 0.2) is 9.84 Å². The second-order valence-electron chi connectivity index (χ2n) is 7.74. The molecule has 2 fully saturated rings. The van der Waals surface area contributed by atoms with Gasteiger partial charge in [-0.05, 0) is 50.7 Å². The van der Waals surface area contributed by atoms with Crippen LogP contribution in [0.15, 0.2) is 34.4 Å². The van der Waals surface area contributed by atoms with E-state index in [2.05, 4.69) is 20.5 Å². The molecule has 8 nitrogen and oxygen atoms in total. The van der Waals surface area contributed by atoms with Crippen molar-refractivity contribution >= 4 is 27.3 Å². The fraction of sp³-hybridized carbons (Fsp3) is 0.579. The second kappa shape index (κ2) is 7.27. The number of rotatable bonds is 4. The number of carbonyl (C=O) groups is 1. The maximum Gasteiger partial charge on any atom is 0.321 e. The Kier molecular flexibility index (Phi) is 4.95. The van der Waals surface area contributed by atoms with Gasteiger partial charge >= 0.3 is 6.03 Å². The Hall–Kier alpha value is -2.29. The van der Waals surface area contributed by atoms with E-state index in [1.165, 1.54) is 12.4 Å². The Morgan fingerprint density at radius 3 is 2.54 bits per heavy atom. The minimum atomic E-state index is -3.40. The molecule has 150 valence electrons. The molecule has 3 heterocycles. The lowest BCUT2D eigenvalue weighted by atomic mass is 9.71. The number of carbonyl (C=O) groups excluding carboxylic acids is 1. The van der Waals surface area contributed by atoms with Gasteiger partial charge in [-0.15, -0.1) is 0 Å². The zero-order valence-corrected chi connectivity index (χ0v) is 16.8. The van der Waals surface area contributed by atoms with E-state index >= 15 is 0 Å². The van der Waals surface area contributed by atoms with Crippen LogP contribution in [0.25, 0.3) is 0 Å². The quantitative estimate of drug-likeness (QED) is 0.831. The number of aromatic nitrogens is 2. The van der Waals surface area contributed by atoms with Gasteiger partial charge in [0.05, 0.1) is 40.0 Å². The van der Waals surface area contributed by atoms with Gasteiger partial charge in [-0.25, -0.2) is 13.2 Å². The third kappa shape index (κ3) is 3.11. The smallest absolute Gasteiger partial charge is 0.321 e. The number of aliphatic imine (C=N–C) groups is 1. The molecule has 1 N–H and O–H groups in total. The highest BCUT2D eigenvalue weighted by Crippen LogP contribution is 2.51.